The number of aliphatic carboxylic acids is 1. The molecule has 6 nitrogen and oxygen atoms in total. The number of nitrogens with zero attached hydrogens (tertiary/aromatic N) is 1. The van der Waals surface area contributed by atoms with Crippen molar-refractivity contribution in [1.82, 2.24) is 0 Å². The van der Waals surface area contributed by atoms with Crippen molar-refractivity contribution >= 4 is 23.4 Å². The predicted octanol–water partition coefficient (Wildman–Crippen LogP) is 2.23. The second-order valence-electron chi connectivity index (χ2n) is 4.23. The predicted molar refractivity (Wildman–Crippen MR) is 84.6 cm³/mol. The minimum atomic E-state index is -1.26. The van der Waals surface area contributed by atoms with Crippen molar-refractivity contribution in [3.63, 3.8) is 0 Å². The molecule has 0 heterocycles. The van der Waals surface area contributed by atoms with Gasteiger partial charge in [0.25, 0.3) is 0 Å². The number of rotatable bonds is 2. The van der Waals surface area contributed by atoms with Crippen molar-refractivity contribution < 1.29 is 15.0 Å². The molecule has 0 radical (unpaired) electrons. The Kier molecular flexibility index (Phi) is 6.01. The zero-order valence-corrected chi connectivity index (χ0v) is 11.6. The van der Waals surface area contributed by atoms with Gasteiger partial charge in [0.1, 0.15) is 17.4 Å². The quantitative estimate of drug-likeness (QED) is 0.381. The molecule has 0 aliphatic heterocycles. The van der Waals surface area contributed by atoms with Crippen LogP contribution in [0.1, 0.15) is 5.56 Å². The van der Waals surface area contributed by atoms with Crippen molar-refractivity contribution in [3.05, 3.63) is 59.7 Å². The van der Waals surface area contributed by atoms with Crippen LogP contribution in [0.4, 0.5) is 11.4 Å². The van der Waals surface area contributed by atoms with Crippen LogP contribution in [-0.2, 0) is 4.79 Å². The molecule has 0 atom stereocenters. The molecule has 0 unspecified atom stereocenters. The summed E-state index contributed by atoms with van der Waals surface area (Å²) in [4.78, 5) is 10.5. The fraction of sp³-hybridized carbons (Fsp3) is 0. The summed E-state index contributed by atoms with van der Waals surface area (Å²) in [6.45, 7) is 0. The molecular weight excluding hydrogens is 282 g/mol. The van der Waals surface area contributed by atoms with Crippen molar-refractivity contribution in [2.75, 3.05) is 11.5 Å². The van der Waals surface area contributed by atoms with Gasteiger partial charge in [0, 0.05) is 11.4 Å². The summed E-state index contributed by atoms with van der Waals surface area (Å²) in [6.07, 6.45) is 1.24. The minimum Gasteiger partial charge on any atom is -0.508 e. The summed E-state index contributed by atoms with van der Waals surface area (Å²) >= 11 is 0. The van der Waals surface area contributed by atoms with Crippen LogP contribution in [0.5, 0.6) is 5.75 Å². The maximum Gasteiger partial charge on any atom is 0.346 e. The normalized spacial score (nSPS) is 10.0. The highest BCUT2D eigenvalue weighted by Crippen LogP contribution is 2.12. The lowest BCUT2D eigenvalue weighted by Gasteiger charge is -1.94. The first kappa shape index (κ1) is 16.6. The van der Waals surface area contributed by atoms with E-state index in [9.17, 15) is 4.79 Å². The second kappa shape index (κ2) is 7.97. The smallest absolute Gasteiger partial charge is 0.346 e. The lowest BCUT2D eigenvalue weighted by atomic mass is 10.1. The highest BCUT2D eigenvalue weighted by molar-refractivity contribution is 5.96. The van der Waals surface area contributed by atoms with Gasteiger partial charge in [-0.15, -0.1) is 0 Å². The van der Waals surface area contributed by atoms with Crippen LogP contribution in [-0.4, -0.2) is 16.2 Å². The monoisotopic (exact) mass is 297 g/mol. The first-order valence-corrected chi connectivity index (χ1v) is 6.17. The van der Waals surface area contributed by atoms with E-state index in [1.165, 1.54) is 30.3 Å². The molecule has 2 aromatic rings. The van der Waals surface area contributed by atoms with Gasteiger partial charge in [-0.05, 0) is 48.0 Å². The molecule has 0 amide bonds. The molecule has 0 saturated heterocycles. The van der Waals surface area contributed by atoms with Crippen molar-refractivity contribution in [3.8, 4) is 11.8 Å². The molecule has 2 aromatic carbocycles. The average molecular weight is 297 g/mol. The van der Waals surface area contributed by atoms with Gasteiger partial charge >= 0.3 is 5.97 Å². The maximum atomic E-state index is 10.5. The van der Waals surface area contributed by atoms with E-state index in [2.05, 4.69) is 0 Å². The van der Waals surface area contributed by atoms with Gasteiger partial charge in [0.2, 0.25) is 0 Å². The standard InChI is InChI=1S/C10H7NO3.C6H8N2/c11-6-8(10(13)14)5-7-1-3-9(12)4-2-7;7-5-1-2-6(8)4-3-5/h1-5,12H,(H,13,14);1-4H,7-8H2. The molecule has 0 saturated carbocycles. The van der Waals surface area contributed by atoms with E-state index in [1.807, 2.05) is 0 Å². The van der Waals surface area contributed by atoms with E-state index in [0.717, 1.165) is 11.4 Å². The largest absolute Gasteiger partial charge is 0.508 e. The lowest BCUT2D eigenvalue weighted by molar-refractivity contribution is -0.132. The maximum absolute atomic E-state index is 10.5. The first-order valence-electron chi connectivity index (χ1n) is 6.17. The number of phenolic OH excluding ortho intramolecular Hbond substituents is 1. The van der Waals surface area contributed by atoms with Gasteiger partial charge in [-0.3, -0.25) is 0 Å². The Morgan fingerprint density at radius 2 is 1.45 bits per heavy atom. The lowest BCUT2D eigenvalue weighted by Crippen LogP contribution is -1.97. The molecule has 0 bridgehead atoms. The number of hydrogen-bond donors (Lipinski definition) is 4. The third-order valence-electron chi connectivity index (χ3n) is 2.49. The van der Waals surface area contributed by atoms with Crippen LogP contribution in [0.25, 0.3) is 6.08 Å². The van der Waals surface area contributed by atoms with Gasteiger partial charge in [-0.2, -0.15) is 5.26 Å². The topological polar surface area (TPSA) is 133 Å². The highest BCUT2D eigenvalue weighted by Gasteiger charge is 2.04. The zero-order valence-electron chi connectivity index (χ0n) is 11.6. The molecule has 0 fully saturated rings. The van der Waals surface area contributed by atoms with E-state index in [1.54, 1.807) is 30.3 Å². The fourth-order valence-corrected chi connectivity index (χ4v) is 1.38. The first-order chi connectivity index (χ1) is 10.4. The summed E-state index contributed by atoms with van der Waals surface area (Å²) < 4.78 is 0. The highest BCUT2D eigenvalue weighted by atomic mass is 16.4. The SMILES string of the molecule is N#CC(=Cc1ccc(O)cc1)C(=O)O.Nc1ccc(N)cc1. The number of nitrogen functional groups attached to an aromatic ring is 2. The number of hydrogen-bond acceptors (Lipinski definition) is 5. The van der Waals surface area contributed by atoms with Crippen molar-refractivity contribution in [2.45, 2.75) is 0 Å². The molecule has 112 valence electrons. The number of nitrogens with two attached hydrogens (primary N) is 2. The molecular formula is C16H15N3O3. The van der Waals surface area contributed by atoms with Crippen LogP contribution in [0.2, 0.25) is 0 Å². The van der Waals surface area contributed by atoms with Crippen molar-refractivity contribution in [2.24, 2.45) is 0 Å². The summed E-state index contributed by atoms with van der Waals surface area (Å²) in [6, 6.07) is 14.5. The molecule has 22 heavy (non-hydrogen) atoms. The minimum absolute atomic E-state index is 0.0935. The average Bonchev–Trinajstić information content (AvgIpc) is 2.50. The molecule has 0 aliphatic carbocycles. The van der Waals surface area contributed by atoms with Crippen LogP contribution in [0.3, 0.4) is 0 Å². The van der Waals surface area contributed by atoms with E-state index in [4.69, 9.17) is 26.9 Å². The number of benzene rings is 2. The van der Waals surface area contributed by atoms with Gasteiger partial charge in [0.15, 0.2) is 0 Å². The van der Waals surface area contributed by atoms with E-state index >= 15 is 0 Å². The Labute approximate surface area is 127 Å². The van der Waals surface area contributed by atoms with Gasteiger partial charge in [-0.25, -0.2) is 4.79 Å². The number of carboxylic acids is 1. The van der Waals surface area contributed by atoms with E-state index < -0.39 is 5.97 Å². The van der Waals surface area contributed by atoms with Crippen LogP contribution < -0.4 is 11.5 Å². The summed E-state index contributed by atoms with van der Waals surface area (Å²) in [5.74, 6) is -1.17. The number of anilines is 2. The third kappa shape index (κ3) is 5.67. The number of aromatic hydroxyl groups is 1. The number of carbonyl (C=O) groups is 1. The van der Waals surface area contributed by atoms with Gasteiger partial charge in [0.05, 0.1) is 0 Å². The molecule has 0 aromatic heterocycles. The van der Waals surface area contributed by atoms with Crippen molar-refractivity contribution in [1.29, 1.82) is 5.26 Å². The summed E-state index contributed by atoms with van der Waals surface area (Å²) in [5, 5.41) is 26.0. The van der Waals surface area contributed by atoms with Crippen LogP contribution >= 0.6 is 0 Å². The molecule has 6 heteroatoms. The third-order valence-corrected chi connectivity index (χ3v) is 2.49. The summed E-state index contributed by atoms with van der Waals surface area (Å²) in [7, 11) is 0. The summed E-state index contributed by atoms with van der Waals surface area (Å²) in [5.41, 5.74) is 12.5. The van der Waals surface area contributed by atoms with E-state index in [0.29, 0.717) is 5.56 Å². The number of carboxylic acid groups (broad SMARTS) is 1. The second-order valence-corrected chi connectivity index (χ2v) is 4.23. The molecule has 6 N–H and O–H groups in total. The Bertz CT molecular complexity index is 678. The Morgan fingerprint density at radius 1 is 1.00 bits per heavy atom. The van der Waals surface area contributed by atoms with E-state index in [-0.39, 0.29) is 11.3 Å². The molecule has 0 spiro atoms. The number of nitriles is 1. The fourth-order valence-electron chi connectivity index (χ4n) is 1.38. The van der Waals surface area contributed by atoms with Crippen LogP contribution in [0.15, 0.2) is 54.1 Å². The van der Waals surface area contributed by atoms with Gasteiger partial charge < -0.3 is 21.7 Å². The number of phenols is 1. The Morgan fingerprint density at radius 3 is 1.82 bits per heavy atom. The molecule has 2 rings (SSSR count). The Hall–Kier alpha value is -3.46. The van der Waals surface area contributed by atoms with Gasteiger partial charge in [-0.1, -0.05) is 12.1 Å². The molecule has 0 aliphatic rings. The van der Waals surface area contributed by atoms with Crippen LogP contribution in [0, 0.1) is 11.3 Å². The zero-order chi connectivity index (χ0) is 16.5. The Balaban J connectivity index is 0.000000255.